The summed E-state index contributed by atoms with van der Waals surface area (Å²) < 4.78 is 39.6. The quantitative estimate of drug-likeness (QED) is 0.623. The van der Waals surface area contributed by atoms with E-state index in [4.69, 9.17) is 12.2 Å². The molecule has 0 spiro atoms. The molecule has 0 aromatic carbocycles. The lowest BCUT2D eigenvalue weighted by molar-refractivity contribution is -0.141. The van der Waals surface area contributed by atoms with E-state index in [0.29, 0.717) is 31.5 Å². The molecule has 2 rings (SSSR count). The van der Waals surface area contributed by atoms with Gasteiger partial charge in [-0.25, -0.2) is 4.98 Å². The predicted molar refractivity (Wildman–Crippen MR) is 96.6 cm³/mol. The second kappa shape index (κ2) is 7.99. The molecule has 2 atom stereocenters. The van der Waals surface area contributed by atoms with Crippen LogP contribution in [0.1, 0.15) is 26.0 Å². The predicted octanol–water partition coefficient (Wildman–Crippen LogP) is 3.45. The largest absolute Gasteiger partial charge is 0.433 e. The van der Waals surface area contributed by atoms with E-state index in [1.54, 1.807) is 6.08 Å². The maximum atomic E-state index is 13.2. The van der Waals surface area contributed by atoms with Gasteiger partial charge in [0.25, 0.3) is 0 Å². The first-order valence-corrected chi connectivity index (χ1v) is 8.46. The molecule has 1 aliphatic heterocycles. The number of hydrogen-bond acceptors (Lipinski definition) is 4. The molecule has 0 aliphatic carbocycles. The lowest BCUT2D eigenvalue weighted by Crippen LogP contribution is -2.39. The number of alkyl halides is 3. The normalized spacial score (nSPS) is 20.9. The topological polar surface area (TPSA) is 53.1 Å². The third-order valence-corrected chi connectivity index (χ3v) is 4.07. The van der Waals surface area contributed by atoms with Crippen molar-refractivity contribution in [1.82, 2.24) is 15.3 Å². The van der Waals surface area contributed by atoms with E-state index in [1.165, 1.54) is 0 Å². The van der Waals surface area contributed by atoms with Gasteiger partial charge in [0.15, 0.2) is 10.8 Å². The van der Waals surface area contributed by atoms with Crippen molar-refractivity contribution >= 4 is 29.1 Å². The standard InChI is InChI=1S/C16H22F3N5S/c1-4-5-20-15(25)23-14-21-12(16(17,18)19)7-13(22-14)24-8-10(2)6-11(3)9-24/h4,7,10-11H,1,5-6,8-9H2,2-3H3,(H2,20,21,22,23,25)/t10-,11-/m1/s1. The van der Waals surface area contributed by atoms with Crippen LogP contribution in [-0.4, -0.2) is 34.7 Å². The van der Waals surface area contributed by atoms with Crippen LogP contribution in [-0.2, 0) is 6.18 Å². The van der Waals surface area contributed by atoms with E-state index in [2.05, 4.69) is 41.0 Å². The van der Waals surface area contributed by atoms with Gasteiger partial charge in [0.2, 0.25) is 5.95 Å². The van der Waals surface area contributed by atoms with Crippen molar-refractivity contribution in [2.75, 3.05) is 29.9 Å². The van der Waals surface area contributed by atoms with Crippen LogP contribution in [0.25, 0.3) is 0 Å². The average molecular weight is 373 g/mol. The molecule has 9 heteroatoms. The first-order valence-electron chi connectivity index (χ1n) is 8.06. The molecule has 1 saturated heterocycles. The molecule has 0 saturated carbocycles. The number of hydrogen-bond donors (Lipinski definition) is 2. The van der Waals surface area contributed by atoms with Gasteiger partial charge in [-0.3, -0.25) is 0 Å². The summed E-state index contributed by atoms with van der Waals surface area (Å²) in [5.74, 6) is 0.867. The van der Waals surface area contributed by atoms with Crippen LogP contribution in [0.15, 0.2) is 18.7 Å². The van der Waals surface area contributed by atoms with Crippen LogP contribution >= 0.6 is 12.2 Å². The molecule has 138 valence electrons. The van der Waals surface area contributed by atoms with Gasteiger partial charge in [-0.05, 0) is 30.5 Å². The van der Waals surface area contributed by atoms with Gasteiger partial charge in [-0.1, -0.05) is 19.9 Å². The van der Waals surface area contributed by atoms with E-state index in [9.17, 15) is 13.2 Å². The third kappa shape index (κ3) is 5.55. The van der Waals surface area contributed by atoms with E-state index in [0.717, 1.165) is 12.5 Å². The van der Waals surface area contributed by atoms with Crippen LogP contribution in [0.5, 0.6) is 0 Å². The van der Waals surface area contributed by atoms with Crippen LogP contribution in [0, 0.1) is 11.8 Å². The fraction of sp³-hybridized carbons (Fsp3) is 0.562. The molecular formula is C16H22F3N5S. The third-order valence-electron chi connectivity index (χ3n) is 3.83. The molecular weight excluding hydrogens is 351 g/mol. The second-order valence-corrected chi connectivity index (χ2v) is 6.82. The highest BCUT2D eigenvalue weighted by Gasteiger charge is 2.35. The highest BCUT2D eigenvalue weighted by molar-refractivity contribution is 7.80. The van der Waals surface area contributed by atoms with Gasteiger partial charge < -0.3 is 15.5 Å². The van der Waals surface area contributed by atoms with Crippen LogP contribution in [0.4, 0.5) is 24.9 Å². The minimum atomic E-state index is -4.56. The van der Waals surface area contributed by atoms with E-state index >= 15 is 0 Å². The van der Waals surface area contributed by atoms with Gasteiger partial charge in [0, 0.05) is 25.7 Å². The number of anilines is 2. The summed E-state index contributed by atoms with van der Waals surface area (Å²) in [5, 5.41) is 5.54. The minimum Gasteiger partial charge on any atom is -0.359 e. The first-order chi connectivity index (χ1) is 11.7. The minimum absolute atomic E-state index is 0.144. The molecule has 0 radical (unpaired) electrons. The van der Waals surface area contributed by atoms with Crippen molar-refractivity contribution in [2.45, 2.75) is 26.4 Å². The summed E-state index contributed by atoms with van der Waals surface area (Å²) in [7, 11) is 0. The fourth-order valence-electron chi connectivity index (χ4n) is 2.96. The van der Waals surface area contributed by atoms with Crippen molar-refractivity contribution < 1.29 is 13.2 Å². The SMILES string of the molecule is C=CCNC(=S)Nc1nc(N2C[C@H](C)C[C@@H](C)C2)cc(C(F)(F)F)n1. The number of aromatic nitrogens is 2. The number of nitrogens with one attached hydrogen (secondary N) is 2. The molecule has 5 nitrogen and oxygen atoms in total. The van der Waals surface area contributed by atoms with Crippen molar-refractivity contribution in [3.63, 3.8) is 0 Å². The van der Waals surface area contributed by atoms with Crippen LogP contribution < -0.4 is 15.5 Å². The Balaban J connectivity index is 2.30. The lowest BCUT2D eigenvalue weighted by atomic mass is 9.92. The molecule has 1 aliphatic rings. The molecule has 0 amide bonds. The van der Waals surface area contributed by atoms with E-state index < -0.39 is 11.9 Å². The molecule has 2 heterocycles. The zero-order valence-electron chi connectivity index (χ0n) is 14.2. The van der Waals surface area contributed by atoms with Crippen molar-refractivity contribution in [2.24, 2.45) is 11.8 Å². The van der Waals surface area contributed by atoms with E-state index in [-0.39, 0.29) is 16.9 Å². The highest BCUT2D eigenvalue weighted by atomic mass is 32.1. The Hall–Kier alpha value is -1.90. The van der Waals surface area contributed by atoms with Gasteiger partial charge in [0.1, 0.15) is 5.82 Å². The zero-order valence-corrected chi connectivity index (χ0v) is 15.0. The van der Waals surface area contributed by atoms with Gasteiger partial charge in [-0.15, -0.1) is 6.58 Å². The molecule has 1 fully saturated rings. The first kappa shape index (κ1) is 19.4. The van der Waals surface area contributed by atoms with Crippen LogP contribution in [0.2, 0.25) is 0 Å². The summed E-state index contributed by atoms with van der Waals surface area (Å²) in [6, 6.07) is 0.996. The number of rotatable bonds is 4. The molecule has 25 heavy (non-hydrogen) atoms. The Kier molecular flexibility index (Phi) is 6.21. The zero-order chi connectivity index (χ0) is 18.6. The lowest BCUT2D eigenvalue weighted by Gasteiger charge is -2.36. The Morgan fingerprint density at radius 1 is 1.36 bits per heavy atom. The van der Waals surface area contributed by atoms with Gasteiger partial charge in [-0.2, -0.15) is 18.2 Å². The monoisotopic (exact) mass is 373 g/mol. The highest BCUT2D eigenvalue weighted by Crippen LogP contribution is 2.32. The van der Waals surface area contributed by atoms with Crippen molar-refractivity contribution in [1.29, 1.82) is 0 Å². The van der Waals surface area contributed by atoms with Gasteiger partial charge >= 0.3 is 6.18 Å². The molecule has 0 bridgehead atoms. The Labute approximate surface area is 150 Å². The summed E-state index contributed by atoms with van der Waals surface area (Å²) in [6.45, 7) is 9.43. The summed E-state index contributed by atoms with van der Waals surface area (Å²) in [6.07, 6.45) is -1.92. The summed E-state index contributed by atoms with van der Waals surface area (Å²) >= 11 is 5.03. The molecule has 0 unspecified atom stereocenters. The molecule has 1 aromatic rings. The average Bonchev–Trinajstić information content (AvgIpc) is 2.51. The smallest absolute Gasteiger partial charge is 0.359 e. The molecule has 1 aromatic heterocycles. The maximum absolute atomic E-state index is 13.2. The van der Waals surface area contributed by atoms with Gasteiger partial charge in [0.05, 0.1) is 0 Å². The van der Waals surface area contributed by atoms with E-state index in [1.807, 2.05) is 4.90 Å². The number of thiocarbonyl (C=S) groups is 1. The Morgan fingerprint density at radius 3 is 2.56 bits per heavy atom. The second-order valence-electron chi connectivity index (χ2n) is 6.41. The summed E-state index contributed by atoms with van der Waals surface area (Å²) in [4.78, 5) is 9.67. The number of halogens is 3. The maximum Gasteiger partial charge on any atom is 0.433 e. The van der Waals surface area contributed by atoms with Crippen molar-refractivity contribution in [3.05, 3.63) is 24.4 Å². The fourth-order valence-corrected chi connectivity index (χ4v) is 3.13. The number of nitrogens with zero attached hydrogens (tertiary/aromatic N) is 3. The van der Waals surface area contributed by atoms with Crippen LogP contribution in [0.3, 0.4) is 0 Å². The van der Waals surface area contributed by atoms with Crippen molar-refractivity contribution in [3.8, 4) is 0 Å². The number of piperidine rings is 1. The Bertz CT molecular complexity index is 625. The Morgan fingerprint density at radius 2 is 2.00 bits per heavy atom. The molecule has 2 N–H and O–H groups in total. The summed E-state index contributed by atoms with van der Waals surface area (Å²) in [5.41, 5.74) is -0.989.